The molecule has 1 heterocycles. The SMILES string of the molecule is OC1=C2CCCCC2OCN1[S-]. The average Bonchev–Trinajstić information content (AvgIpc) is 2.12. The lowest BCUT2D eigenvalue weighted by Crippen LogP contribution is -2.35. The summed E-state index contributed by atoms with van der Waals surface area (Å²) in [5.74, 6) is 0.265. The van der Waals surface area contributed by atoms with E-state index in [1.807, 2.05) is 0 Å². The maximum atomic E-state index is 9.59. The van der Waals surface area contributed by atoms with Crippen LogP contribution in [0, 0.1) is 0 Å². The van der Waals surface area contributed by atoms with Gasteiger partial charge in [-0.15, -0.1) is 0 Å². The van der Waals surface area contributed by atoms with Crippen LogP contribution in [-0.4, -0.2) is 22.2 Å². The van der Waals surface area contributed by atoms with Crippen LogP contribution in [0.25, 0.3) is 0 Å². The molecule has 0 aromatic rings. The number of hydrogen-bond donors (Lipinski definition) is 1. The van der Waals surface area contributed by atoms with Gasteiger partial charge in [-0.3, -0.25) is 0 Å². The highest BCUT2D eigenvalue weighted by molar-refractivity contribution is 7.56. The molecule has 2 rings (SSSR count). The highest BCUT2D eigenvalue weighted by atomic mass is 32.1. The quantitative estimate of drug-likeness (QED) is 0.580. The van der Waals surface area contributed by atoms with Crippen LogP contribution in [0.5, 0.6) is 0 Å². The Morgan fingerprint density at radius 3 is 3.17 bits per heavy atom. The Morgan fingerprint density at radius 1 is 1.50 bits per heavy atom. The van der Waals surface area contributed by atoms with Gasteiger partial charge in [0.05, 0.1) is 6.10 Å². The summed E-state index contributed by atoms with van der Waals surface area (Å²) in [6.45, 7) is 0.343. The van der Waals surface area contributed by atoms with Crippen LogP contribution in [0.3, 0.4) is 0 Å². The van der Waals surface area contributed by atoms with Gasteiger partial charge < -0.3 is 27.0 Å². The molecule has 0 spiro atoms. The molecule has 1 saturated carbocycles. The molecule has 1 aliphatic heterocycles. The van der Waals surface area contributed by atoms with Gasteiger partial charge in [0.15, 0.2) is 5.88 Å². The summed E-state index contributed by atoms with van der Waals surface area (Å²) in [7, 11) is 0. The minimum atomic E-state index is 0.137. The topological polar surface area (TPSA) is 32.7 Å². The molecule has 1 aliphatic carbocycles. The van der Waals surface area contributed by atoms with Gasteiger partial charge in [0.2, 0.25) is 0 Å². The van der Waals surface area contributed by atoms with E-state index in [2.05, 4.69) is 0 Å². The van der Waals surface area contributed by atoms with E-state index in [-0.39, 0.29) is 12.0 Å². The smallest absolute Gasteiger partial charge is 0.167 e. The Labute approximate surface area is 77.6 Å². The van der Waals surface area contributed by atoms with E-state index in [1.54, 1.807) is 0 Å². The number of hydrogen-bond acceptors (Lipinski definition) is 4. The lowest BCUT2D eigenvalue weighted by Gasteiger charge is -2.41. The van der Waals surface area contributed by atoms with Crippen molar-refractivity contribution in [2.24, 2.45) is 0 Å². The first-order chi connectivity index (χ1) is 5.79. The van der Waals surface area contributed by atoms with E-state index in [4.69, 9.17) is 17.6 Å². The van der Waals surface area contributed by atoms with Gasteiger partial charge in [-0.25, -0.2) is 0 Å². The predicted octanol–water partition coefficient (Wildman–Crippen LogP) is 1.45. The molecule has 1 N–H and O–H groups in total. The Hall–Kier alpha value is -0.350. The van der Waals surface area contributed by atoms with Crippen LogP contribution >= 0.6 is 0 Å². The largest absolute Gasteiger partial charge is 0.662 e. The first kappa shape index (κ1) is 8.26. The molecule has 2 aliphatic rings. The third kappa shape index (κ3) is 1.29. The fraction of sp³-hybridized carbons (Fsp3) is 0.750. The van der Waals surface area contributed by atoms with E-state index < -0.39 is 0 Å². The maximum absolute atomic E-state index is 9.59. The number of rotatable bonds is 0. The molecular weight excluding hydrogens is 174 g/mol. The highest BCUT2D eigenvalue weighted by Crippen LogP contribution is 2.31. The van der Waals surface area contributed by atoms with Crippen LogP contribution in [0.4, 0.5) is 0 Å². The summed E-state index contributed by atoms with van der Waals surface area (Å²) >= 11 is 4.88. The van der Waals surface area contributed by atoms with Crippen molar-refractivity contribution in [3.63, 3.8) is 0 Å². The van der Waals surface area contributed by atoms with Crippen molar-refractivity contribution in [1.29, 1.82) is 0 Å². The predicted molar refractivity (Wildman–Crippen MR) is 47.1 cm³/mol. The number of fused-ring (bicyclic) bond motifs is 1. The molecular formula is C8H12NO2S-. The van der Waals surface area contributed by atoms with E-state index in [0.717, 1.165) is 24.8 Å². The average molecular weight is 186 g/mol. The minimum absolute atomic E-state index is 0.137. The standard InChI is InChI=1S/C8H12NO2S/c10-8-6-3-1-2-4-7(6)11-5-9(8)12/h7,10H,1-5H2/q-1. The number of aliphatic hydroxyl groups is 1. The first-order valence-corrected chi connectivity index (χ1v) is 4.64. The fourth-order valence-corrected chi connectivity index (χ4v) is 1.98. The zero-order valence-electron chi connectivity index (χ0n) is 6.82. The molecule has 4 heteroatoms. The Bertz CT molecular complexity index is 217. The second kappa shape index (κ2) is 3.18. The second-order valence-corrected chi connectivity index (χ2v) is 3.70. The number of aliphatic hydroxyl groups excluding tert-OH is 1. The van der Waals surface area contributed by atoms with Gasteiger partial charge in [0, 0.05) is 5.57 Å². The maximum Gasteiger partial charge on any atom is 0.167 e. The van der Waals surface area contributed by atoms with Gasteiger partial charge in [-0.1, -0.05) is 6.42 Å². The second-order valence-electron chi connectivity index (χ2n) is 3.26. The third-order valence-corrected chi connectivity index (χ3v) is 2.75. The van der Waals surface area contributed by atoms with Crippen molar-refractivity contribution in [2.75, 3.05) is 6.73 Å². The van der Waals surface area contributed by atoms with Crippen molar-refractivity contribution in [2.45, 2.75) is 31.8 Å². The van der Waals surface area contributed by atoms with E-state index in [1.165, 1.54) is 10.7 Å². The van der Waals surface area contributed by atoms with E-state index in [0.29, 0.717) is 6.73 Å². The van der Waals surface area contributed by atoms with Crippen molar-refractivity contribution in [3.05, 3.63) is 11.5 Å². The molecule has 1 unspecified atom stereocenters. The van der Waals surface area contributed by atoms with Gasteiger partial charge in [0.25, 0.3) is 0 Å². The summed E-state index contributed by atoms with van der Waals surface area (Å²) < 4.78 is 6.81. The van der Waals surface area contributed by atoms with Crippen LogP contribution in [0.15, 0.2) is 11.5 Å². The van der Waals surface area contributed by atoms with Crippen LogP contribution in [-0.2, 0) is 17.6 Å². The fourth-order valence-electron chi connectivity index (χ4n) is 1.80. The summed E-state index contributed by atoms with van der Waals surface area (Å²) in [6.07, 6.45) is 4.44. The molecule has 0 radical (unpaired) electrons. The Kier molecular flexibility index (Phi) is 2.19. The highest BCUT2D eigenvalue weighted by Gasteiger charge is 2.26. The van der Waals surface area contributed by atoms with Gasteiger partial charge >= 0.3 is 0 Å². The lowest BCUT2D eigenvalue weighted by atomic mass is 9.92. The number of ether oxygens (including phenoxy) is 1. The van der Waals surface area contributed by atoms with Crippen LogP contribution in [0.1, 0.15) is 25.7 Å². The van der Waals surface area contributed by atoms with Crippen molar-refractivity contribution < 1.29 is 9.84 Å². The summed E-state index contributed by atoms with van der Waals surface area (Å²) in [6, 6.07) is 0. The molecule has 0 bridgehead atoms. The molecule has 3 nitrogen and oxygen atoms in total. The van der Waals surface area contributed by atoms with Crippen LogP contribution < -0.4 is 0 Å². The minimum Gasteiger partial charge on any atom is -0.662 e. The first-order valence-electron chi connectivity index (χ1n) is 4.27. The Balaban J connectivity index is 2.23. The molecule has 1 atom stereocenters. The zero-order valence-corrected chi connectivity index (χ0v) is 7.64. The summed E-state index contributed by atoms with van der Waals surface area (Å²) in [4.78, 5) is 0. The normalized spacial score (nSPS) is 30.4. The number of nitrogens with zero attached hydrogens (tertiary/aromatic N) is 1. The van der Waals surface area contributed by atoms with Crippen molar-refractivity contribution in [3.8, 4) is 0 Å². The van der Waals surface area contributed by atoms with Gasteiger partial charge in [-0.05, 0) is 19.3 Å². The van der Waals surface area contributed by atoms with Crippen LogP contribution in [0.2, 0.25) is 0 Å². The van der Waals surface area contributed by atoms with Crippen molar-refractivity contribution in [1.82, 2.24) is 4.31 Å². The van der Waals surface area contributed by atoms with E-state index in [9.17, 15) is 5.11 Å². The molecule has 68 valence electrons. The zero-order chi connectivity index (χ0) is 8.55. The van der Waals surface area contributed by atoms with E-state index >= 15 is 0 Å². The lowest BCUT2D eigenvalue weighted by molar-refractivity contribution is -0.0124. The molecule has 0 saturated heterocycles. The molecule has 12 heavy (non-hydrogen) atoms. The van der Waals surface area contributed by atoms with Crippen molar-refractivity contribution >= 4 is 12.8 Å². The summed E-state index contributed by atoms with van der Waals surface area (Å²) in [5.41, 5.74) is 1.00. The third-order valence-electron chi connectivity index (χ3n) is 2.47. The summed E-state index contributed by atoms with van der Waals surface area (Å²) in [5, 5.41) is 9.59. The molecule has 1 fully saturated rings. The monoisotopic (exact) mass is 186 g/mol. The molecule has 0 amide bonds. The molecule has 0 aromatic carbocycles. The van der Waals surface area contributed by atoms with Gasteiger partial charge in [0.1, 0.15) is 6.73 Å². The Morgan fingerprint density at radius 2 is 2.33 bits per heavy atom. The van der Waals surface area contributed by atoms with Gasteiger partial charge in [-0.2, -0.15) is 0 Å². The molecule has 0 aromatic heterocycles.